The molecule has 25 heavy (non-hydrogen) atoms. The van der Waals surface area contributed by atoms with Crippen LogP contribution in [-0.2, 0) is 0 Å². The molecule has 0 unspecified atom stereocenters. The van der Waals surface area contributed by atoms with Gasteiger partial charge in [0, 0.05) is 28.6 Å². The van der Waals surface area contributed by atoms with Crippen molar-refractivity contribution in [3.8, 4) is 22.6 Å². The van der Waals surface area contributed by atoms with E-state index in [9.17, 15) is 10.1 Å². The number of nitro benzene ring substituents is 1. The number of nitrogens with two attached hydrogens (primary N) is 1. The zero-order valence-electron chi connectivity index (χ0n) is 13.2. The molecule has 0 spiro atoms. The third-order valence-corrected chi connectivity index (χ3v) is 4.20. The van der Waals surface area contributed by atoms with E-state index in [1.54, 1.807) is 12.1 Å². The van der Waals surface area contributed by atoms with Crippen molar-refractivity contribution in [3.63, 3.8) is 0 Å². The van der Waals surface area contributed by atoms with Crippen LogP contribution in [0.5, 0.6) is 0 Å². The summed E-state index contributed by atoms with van der Waals surface area (Å²) in [6.45, 7) is 0. The Bertz CT molecular complexity index is 1080. The van der Waals surface area contributed by atoms with E-state index >= 15 is 0 Å². The lowest BCUT2D eigenvalue weighted by Gasteiger charge is -2.07. The number of hydrogen-bond acceptors (Lipinski definition) is 4. The minimum absolute atomic E-state index is 0.0503. The predicted molar refractivity (Wildman–Crippen MR) is 98.2 cm³/mol. The monoisotopic (exact) mass is 330 g/mol. The molecule has 1 aromatic heterocycles. The summed E-state index contributed by atoms with van der Waals surface area (Å²) >= 11 is 0. The van der Waals surface area contributed by atoms with Crippen molar-refractivity contribution < 1.29 is 9.34 Å². The van der Waals surface area contributed by atoms with Crippen LogP contribution < -0.4 is 5.73 Å². The fourth-order valence-electron chi connectivity index (χ4n) is 2.90. The number of rotatable bonds is 3. The van der Waals surface area contributed by atoms with Crippen LogP contribution in [-0.4, -0.2) is 4.92 Å². The molecule has 0 amide bonds. The van der Waals surface area contributed by atoms with E-state index in [0.29, 0.717) is 17.2 Å². The molecule has 4 aromatic rings. The maximum absolute atomic E-state index is 10.8. The Morgan fingerprint density at radius 3 is 2.32 bits per heavy atom. The average Bonchev–Trinajstić information content (AvgIpc) is 3.12. The molecule has 0 aliphatic rings. The molecule has 0 aliphatic heterocycles. The number of nitrogen functional groups attached to an aromatic ring is 1. The Morgan fingerprint density at radius 2 is 1.56 bits per heavy atom. The van der Waals surface area contributed by atoms with Crippen LogP contribution in [0.25, 0.3) is 33.4 Å². The molecular weight excluding hydrogens is 316 g/mol. The van der Waals surface area contributed by atoms with Crippen molar-refractivity contribution in [3.05, 3.63) is 82.9 Å². The minimum Gasteiger partial charge on any atom is -0.456 e. The van der Waals surface area contributed by atoms with E-state index in [0.717, 1.165) is 21.9 Å². The first-order valence-electron chi connectivity index (χ1n) is 7.76. The second-order valence-electron chi connectivity index (χ2n) is 5.72. The molecule has 0 radical (unpaired) electrons. The Labute approximate surface area is 143 Å². The Hall–Kier alpha value is -3.60. The number of hydrogen-bond donors (Lipinski definition) is 1. The summed E-state index contributed by atoms with van der Waals surface area (Å²) in [7, 11) is 0. The molecule has 0 aliphatic carbocycles. The molecule has 4 rings (SSSR count). The topological polar surface area (TPSA) is 82.3 Å². The maximum Gasteiger partial charge on any atom is 0.269 e. The summed E-state index contributed by atoms with van der Waals surface area (Å²) in [6.07, 6.45) is 0. The first-order valence-corrected chi connectivity index (χ1v) is 7.76. The normalized spacial score (nSPS) is 10.9. The summed E-state index contributed by atoms with van der Waals surface area (Å²) in [5, 5.41) is 12.8. The first kappa shape index (κ1) is 15.0. The molecule has 0 atom stereocenters. The molecule has 0 saturated carbocycles. The van der Waals surface area contributed by atoms with Gasteiger partial charge in [0.1, 0.15) is 11.5 Å². The fourth-order valence-corrected chi connectivity index (χ4v) is 2.90. The van der Waals surface area contributed by atoms with E-state index < -0.39 is 4.92 Å². The van der Waals surface area contributed by atoms with Crippen molar-refractivity contribution in [1.29, 1.82) is 0 Å². The smallest absolute Gasteiger partial charge is 0.269 e. The van der Waals surface area contributed by atoms with Gasteiger partial charge < -0.3 is 10.2 Å². The highest BCUT2D eigenvalue weighted by Crippen LogP contribution is 2.35. The second kappa shape index (κ2) is 5.79. The molecule has 3 aromatic carbocycles. The first-order chi connectivity index (χ1) is 12.1. The highest BCUT2D eigenvalue weighted by atomic mass is 16.6. The van der Waals surface area contributed by atoms with Gasteiger partial charge in [-0.15, -0.1) is 0 Å². The molecule has 0 saturated heterocycles. The second-order valence-corrected chi connectivity index (χ2v) is 5.72. The summed E-state index contributed by atoms with van der Waals surface area (Å²) in [6, 6.07) is 21.8. The lowest BCUT2D eigenvalue weighted by molar-refractivity contribution is -0.384. The quantitative estimate of drug-likeness (QED) is 0.316. The summed E-state index contributed by atoms with van der Waals surface area (Å²) in [5.41, 5.74) is 8.64. The lowest BCUT2D eigenvalue weighted by Crippen LogP contribution is -1.91. The average molecular weight is 330 g/mol. The van der Waals surface area contributed by atoms with Crippen molar-refractivity contribution >= 4 is 22.1 Å². The SMILES string of the molecule is Nc1c(-c2ccc(-c3ccc([N+](=O)[O-])cc3)o2)ccc2ccccc12. The Balaban J connectivity index is 1.74. The Kier molecular flexibility index (Phi) is 3.47. The van der Waals surface area contributed by atoms with Crippen LogP contribution >= 0.6 is 0 Å². The lowest BCUT2D eigenvalue weighted by atomic mass is 10.0. The van der Waals surface area contributed by atoms with E-state index in [-0.39, 0.29) is 5.69 Å². The van der Waals surface area contributed by atoms with Gasteiger partial charge in [-0.25, -0.2) is 0 Å². The van der Waals surface area contributed by atoms with E-state index in [1.807, 2.05) is 48.5 Å². The van der Waals surface area contributed by atoms with Crippen molar-refractivity contribution in [2.24, 2.45) is 0 Å². The summed E-state index contributed by atoms with van der Waals surface area (Å²) in [5.74, 6) is 1.30. The third kappa shape index (κ3) is 2.61. The number of anilines is 1. The van der Waals surface area contributed by atoms with E-state index in [1.165, 1.54) is 12.1 Å². The van der Waals surface area contributed by atoms with Crippen molar-refractivity contribution in [2.45, 2.75) is 0 Å². The number of nitro groups is 1. The largest absolute Gasteiger partial charge is 0.456 e. The molecule has 5 nitrogen and oxygen atoms in total. The van der Waals surface area contributed by atoms with E-state index in [2.05, 4.69) is 0 Å². The van der Waals surface area contributed by atoms with Crippen LogP contribution in [0.15, 0.2) is 77.2 Å². The van der Waals surface area contributed by atoms with Gasteiger partial charge in [0.05, 0.1) is 10.6 Å². The zero-order chi connectivity index (χ0) is 17.4. The van der Waals surface area contributed by atoms with Crippen LogP contribution in [0.3, 0.4) is 0 Å². The number of nitrogens with zero attached hydrogens (tertiary/aromatic N) is 1. The zero-order valence-corrected chi connectivity index (χ0v) is 13.2. The molecule has 122 valence electrons. The molecule has 0 fully saturated rings. The van der Waals surface area contributed by atoms with Crippen LogP contribution in [0.1, 0.15) is 0 Å². The van der Waals surface area contributed by atoms with Gasteiger partial charge in [-0.05, 0) is 35.7 Å². The minimum atomic E-state index is -0.423. The number of non-ortho nitro benzene ring substituents is 1. The molecule has 0 bridgehead atoms. The van der Waals surface area contributed by atoms with Gasteiger partial charge in [0.25, 0.3) is 5.69 Å². The maximum atomic E-state index is 10.8. The third-order valence-electron chi connectivity index (χ3n) is 4.20. The highest BCUT2D eigenvalue weighted by molar-refractivity contribution is 5.99. The van der Waals surface area contributed by atoms with Gasteiger partial charge in [0.15, 0.2) is 0 Å². The van der Waals surface area contributed by atoms with Gasteiger partial charge in [-0.3, -0.25) is 10.1 Å². The van der Waals surface area contributed by atoms with Gasteiger partial charge in [0.2, 0.25) is 0 Å². The van der Waals surface area contributed by atoms with Crippen LogP contribution in [0.4, 0.5) is 11.4 Å². The molecule has 2 N–H and O–H groups in total. The molecule has 1 heterocycles. The van der Waals surface area contributed by atoms with Crippen molar-refractivity contribution in [2.75, 3.05) is 5.73 Å². The predicted octanol–water partition coefficient (Wildman–Crippen LogP) is 5.26. The number of furan rings is 1. The fraction of sp³-hybridized carbons (Fsp3) is 0. The van der Waals surface area contributed by atoms with Gasteiger partial charge >= 0.3 is 0 Å². The standard InChI is InChI=1S/C20H14N2O3/c21-20-16-4-2-1-3-13(16)7-10-17(20)19-12-11-18(25-19)14-5-8-15(9-6-14)22(23)24/h1-12H,21H2. The Morgan fingerprint density at radius 1 is 0.840 bits per heavy atom. The van der Waals surface area contributed by atoms with E-state index in [4.69, 9.17) is 10.2 Å². The van der Waals surface area contributed by atoms with Gasteiger partial charge in [-0.2, -0.15) is 0 Å². The molecule has 5 heteroatoms. The number of benzene rings is 3. The van der Waals surface area contributed by atoms with Crippen LogP contribution in [0, 0.1) is 10.1 Å². The van der Waals surface area contributed by atoms with Crippen LogP contribution in [0.2, 0.25) is 0 Å². The molecular formula is C20H14N2O3. The summed E-state index contributed by atoms with van der Waals surface area (Å²) in [4.78, 5) is 10.3. The summed E-state index contributed by atoms with van der Waals surface area (Å²) < 4.78 is 5.94. The van der Waals surface area contributed by atoms with Crippen molar-refractivity contribution in [1.82, 2.24) is 0 Å². The number of fused-ring (bicyclic) bond motifs is 1. The highest BCUT2D eigenvalue weighted by Gasteiger charge is 2.12. The van der Waals surface area contributed by atoms with Gasteiger partial charge in [-0.1, -0.05) is 30.3 Å².